The van der Waals surface area contributed by atoms with E-state index in [0.717, 1.165) is 5.03 Å². The number of nitrogen functional groups attached to an aromatic ring is 1. The molecule has 4 nitrogen and oxygen atoms in total. The molecule has 0 fully saturated rings. The van der Waals surface area contributed by atoms with Crippen LogP contribution in [0.3, 0.4) is 0 Å². The number of hydrogen-bond acceptors (Lipinski definition) is 5. The van der Waals surface area contributed by atoms with Gasteiger partial charge in [0.15, 0.2) is 5.82 Å². The van der Waals surface area contributed by atoms with Crippen molar-refractivity contribution in [3.05, 3.63) is 12.4 Å². The fourth-order valence-corrected chi connectivity index (χ4v) is 1.33. The molecule has 0 aliphatic heterocycles. The van der Waals surface area contributed by atoms with Crippen LogP contribution in [0.15, 0.2) is 17.4 Å². The summed E-state index contributed by atoms with van der Waals surface area (Å²) in [6.07, 6.45) is 3.19. The standard InChI is InChI=1S/C7H11N3OS/c1-2-11-5-12-7-6(8)9-3-4-10-7/h3-4H,2,5H2,1H3,(H2,8,9). The molecule has 0 atom stereocenters. The molecule has 66 valence electrons. The average Bonchev–Trinajstić information content (AvgIpc) is 2.09. The lowest BCUT2D eigenvalue weighted by Gasteiger charge is -2.01. The Kier molecular flexibility index (Phi) is 3.83. The van der Waals surface area contributed by atoms with E-state index in [9.17, 15) is 0 Å². The molecule has 0 spiro atoms. The average molecular weight is 185 g/mol. The van der Waals surface area contributed by atoms with Crippen LogP contribution in [0, 0.1) is 0 Å². The molecule has 0 radical (unpaired) electrons. The smallest absolute Gasteiger partial charge is 0.156 e. The number of nitrogens with two attached hydrogens (primary N) is 1. The first-order chi connectivity index (χ1) is 5.84. The van der Waals surface area contributed by atoms with E-state index in [1.54, 1.807) is 12.4 Å². The monoisotopic (exact) mass is 185 g/mol. The second-order valence-electron chi connectivity index (χ2n) is 2.00. The molecule has 0 aliphatic carbocycles. The zero-order valence-corrected chi connectivity index (χ0v) is 7.67. The third-order valence-electron chi connectivity index (χ3n) is 1.17. The summed E-state index contributed by atoms with van der Waals surface area (Å²) >= 11 is 1.45. The number of anilines is 1. The molecule has 12 heavy (non-hydrogen) atoms. The zero-order valence-electron chi connectivity index (χ0n) is 6.86. The second-order valence-corrected chi connectivity index (χ2v) is 2.91. The zero-order chi connectivity index (χ0) is 8.81. The van der Waals surface area contributed by atoms with E-state index in [1.165, 1.54) is 11.8 Å². The van der Waals surface area contributed by atoms with Gasteiger partial charge in [0, 0.05) is 19.0 Å². The Balaban J connectivity index is 2.46. The van der Waals surface area contributed by atoms with Crippen molar-refractivity contribution in [2.45, 2.75) is 11.9 Å². The second kappa shape index (κ2) is 4.95. The molecule has 2 N–H and O–H groups in total. The summed E-state index contributed by atoms with van der Waals surface area (Å²) in [4.78, 5) is 7.94. The van der Waals surface area contributed by atoms with Gasteiger partial charge in [-0.15, -0.1) is 0 Å². The molecule has 1 aromatic heterocycles. The molecule has 0 amide bonds. The highest BCUT2D eigenvalue weighted by atomic mass is 32.2. The van der Waals surface area contributed by atoms with Gasteiger partial charge in [-0.05, 0) is 6.92 Å². The van der Waals surface area contributed by atoms with E-state index in [-0.39, 0.29) is 0 Å². The van der Waals surface area contributed by atoms with Crippen molar-refractivity contribution in [2.24, 2.45) is 0 Å². The first kappa shape index (κ1) is 9.28. The number of rotatable bonds is 4. The Morgan fingerprint density at radius 2 is 2.25 bits per heavy atom. The predicted molar refractivity (Wildman–Crippen MR) is 48.8 cm³/mol. The highest BCUT2D eigenvalue weighted by Crippen LogP contribution is 2.19. The van der Waals surface area contributed by atoms with Gasteiger partial charge in [0.2, 0.25) is 0 Å². The Morgan fingerprint density at radius 3 is 2.92 bits per heavy atom. The van der Waals surface area contributed by atoms with Crippen LogP contribution in [-0.4, -0.2) is 22.5 Å². The molecular weight excluding hydrogens is 174 g/mol. The maximum Gasteiger partial charge on any atom is 0.156 e. The maximum absolute atomic E-state index is 5.55. The molecule has 0 saturated heterocycles. The first-order valence-corrected chi connectivity index (χ1v) is 4.60. The Labute approximate surface area is 75.5 Å². The highest BCUT2D eigenvalue weighted by Gasteiger charge is 1.99. The third kappa shape index (κ3) is 2.67. The molecule has 5 heteroatoms. The minimum atomic E-state index is 0.460. The summed E-state index contributed by atoms with van der Waals surface area (Å²) in [6.45, 7) is 2.65. The summed E-state index contributed by atoms with van der Waals surface area (Å²) in [6, 6.07) is 0. The predicted octanol–water partition coefficient (Wildman–Crippen LogP) is 1.14. The maximum atomic E-state index is 5.55. The quantitative estimate of drug-likeness (QED) is 0.433. The van der Waals surface area contributed by atoms with E-state index in [2.05, 4.69) is 9.97 Å². The van der Waals surface area contributed by atoms with Crippen LogP contribution < -0.4 is 5.73 Å². The van der Waals surface area contributed by atoms with Crippen LogP contribution in [0.25, 0.3) is 0 Å². The van der Waals surface area contributed by atoms with Crippen LogP contribution in [-0.2, 0) is 4.74 Å². The van der Waals surface area contributed by atoms with Crippen molar-refractivity contribution in [3.8, 4) is 0 Å². The molecular formula is C7H11N3OS. The summed E-state index contributed by atoms with van der Waals surface area (Å²) in [5, 5.41) is 0.728. The van der Waals surface area contributed by atoms with Crippen LogP contribution in [0.5, 0.6) is 0 Å². The van der Waals surface area contributed by atoms with Gasteiger partial charge in [-0.1, -0.05) is 11.8 Å². The van der Waals surface area contributed by atoms with Crippen molar-refractivity contribution >= 4 is 17.6 Å². The molecule has 0 aromatic carbocycles. The van der Waals surface area contributed by atoms with E-state index in [4.69, 9.17) is 10.5 Å². The van der Waals surface area contributed by atoms with E-state index >= 15 is 0 Å². The lowest BCUT2D eigenvalue weighted by molar-refractivity contribution is 0.199. The molecule has 0 unspecified atom stereocenters. The highest BCUT2D eigenvalue weighted by molar-refractivity contribution is 7.99. The summed E-state index contributed by atoms with van der Waals surface area (Å²) < 4.78 is 5.13. The van der Waals surface area contributed by atoms with Crippen molar-refractivity contribution in [1.82, 2.24) is 9.97 Å². The third-order valence-corrected chi connectivity index (χ3v) is 2.05. The molecule has 0 bridgehead atoms. The lowest BCUT2D eigenvalue weighted by Crippen LogP contribution is -1.96. The summed E-state index contributed by atoms with van der Waals surface area (Å²) in [5.41, 5.74) is 5.55. The van der Waals surface area contributed by atoms with E-state index in [0.29, 0.717) is 18.4 Å². The van der Waals surface area contributed by atoms with Gasteiger partial charge in [0.1, 0.15) is 5.03 Å². The lowest BCUT2D eigenvalue weighted by atomic mass is 10.7. The first-order valence-electron chi connectivity index (χ1n) is 3.61. The van der Waals surface area contributed by atoms with Gasteiger partial charge in [-0.25, -0.2) is 9.97 Å². The van der Waals surface area contributed by atoms with Crippen molar-refractivity contribution in [3.63, 3.8) is 0 Å². The summed E-state index contributed by atoms with van der Waals surface area (Å²) in [5.74, 6) is 1.03. The van der Waals surface area contributed by atoms with Gasteiger partial charge in [0.05, 0.1) is 5.94 Å². The number of nitrogens with zero attached hydrogens (tertiary/aromatic N) is 2. The molecule has 1 aromatic rings. The minimum Gasteiger partial charge on any atom is -0.381 e. The van der Waals surface area contributed by atoms with Gasteiger partial charge >= 0.3 is 0 Å². The van der Waals surface area contributed by atoms with Gasteiger partial charge in [-0.2, -0.15) is 0 Å². The van der Waals surface area contributed by atoms with Crippen LogP contribution in [0.2, 0.25) is 0 Å². The minimum absolute atomic E-state index is 0.460. The fraction of sp³-hybridized carbons (Fsp3) is 0.429. The molecule has 1 rings (SSSR count). The Morgan fingerprint density at radius 1 is 1.50 bits per heavy atom. The number of ether oxygens (including phenoxy) is 1. The number of hydrogen-bond donors (Lipinski definition) is 1. The van der Waals surface area contributed by atoms with E-state index in [1.807, 2.05) is 6.92 Å². The Bertz CT molecular complexity index is 244. The SMILES string of the molecule is CCOCSc1nccnc1N. The Hall–Kier alpha value is -0.810. The van der Waals surface area contributed by atoms with Crippen molar-refractivity contribution in [1.29, 1.82) is 0 Å². The van der Waals surface area contributed by atoms with Gasteiger partial charge in [-0.3, -0.25) is 0 Å². The van der Waals surface area contributed by atoms with E-state index < -0.39 is 0 Å². The summed E-state index contributed by atoms with van der Waals surface area (Å²) in [7, 11) is 0. The largest absolute Gasteiger partial charge is 0.381 e. The van der Waals surface area contributed by atoms with Crippen molar-refractivity contribution < 1.29 is 4.74 Å². The van der Waals surface area contributed by atoms with Gasteiger partial charge in [0.25, 0.3) is 0 Å². The molecule has 0 saturated carbocycles. The fourth-order valence-electron chi connectivity index (χ4n) is 0.628. The molecule has 0 aliphatic rings. The van der Waals surface area contributed by atoms with Crippen molar-refractivity contribution in [2.75, 3.05) is 18.3 Å². The van der Waals surface area contributed by atoms with Crippen LogP contribution >= 0.6 is 11.8 Å². The number of aromatic nitrogens is 2. The van der Waals surface area contributed by atoms with Crippen LogP contribution in [0.4, 0.5) is 5.82 Å². The normalized spacial score (nSPS) is 10.1. The van der Waals surface area contributed by atoms with Crippen LogP contribution in [0.1, 0.15) is 6.92 Å². The number of thioether (sulfide) groups is 1. The topological polar surface area (TPSA) is 61.0 Å². The van der Waals surface area contributed by atoms with Gasteiger partial charge < -0.3 is 10.5 Å². The molecule has 1 heterocycles.